The van der Waals surface area contributed by atoms with Crippen molar-refractivity contribution in [2.75, 3.05) is 18.5 Å². The molecule has 1 atom stereocenters. The van der Waals surface area contributed by atoms with Gasteiger partial charge in [-0.3, -0.25) is 9.59 Å². The molecule has 3 rings (SSSR count). The van der Waals surface area contributed by atoms with Gasteiger partial charge in [-0.05, 0) is 24.3 Å². The molecule has 1 aliphatic rings. The van der Waals surface area contributed by atoms with Gasteiger partial charge in [0.2, 0.25) is 5.91 Å². The van der Waals surface area contributed by atoms with Gasteiger partial charge in [-0.1, -0.05) is 30.3 Å². The molecular formula is C18H17NO4S. The zero-order chi connectivity index (χ0) is 16.8. The number of hydrogen-bond acceptors (Lipinski definition) is 5. The molecule has 0 radical (unpaired) electrons. The molecule has 0 spiro atoms. The zero-order valence-corrected chi connectivity index (χ0v) is 13.8. The number of hydrogen-bond donors (Lipinski definition) is 1. The molecule has 0 aromatic heterocycles. The lowest BCUT2D eigenvalue weighted by atomic mass is 10.2. The number of nitrogens with one attached hydrogen (secondary N) is 1. The van der Waals surface area contributed by atoms with E-state index in [1.54, 1.807) is 0 Å². The van der Waals surface area contributed by atoms with Gasteiger partial charge in [0.25, 0.3) is 0 Å². The number of fused-ring (bicyclic) bond motifs is 1. The smallest absolute Gasteiger partial charge is 0.307 e. The van der Waals surface area contributed by atoms with Crippen LogP contribution in [-0.2, 0) is 14.3 Å². The molecular weight excluding hydrogens is 326 g/mol. The third-order valence-corrected chi connectivity index (χ3v) is 4.69. The summed E-state index contributed by atoms with van der Waals surface area (Å²) in [6, 6.07) is 16.8. The highest BCUT2D eigenvalue weighted by atomic mass is 32.2. The highest BCUT2D eigenvalue weighted by Crippen LogP contribution is 2.36. The van der Waals surface area contributed by atoms with Crippen molar-refractivity contribution in [2.24, 2.45) is 0 Å². The average molecular weight is 343 g/mol. The standard InChI is InChI=1S/C18H17NO4S/c20-17(23-11-10-22-13-6-2-1-3-7-13)12-16-18(21)19-14-8-4-5-9-15(14)24-16/h1-9,16H,10-12H2,(H,19,21). The third-order valence-electron chi connectivity index (χ3n) is 3.42. The molecule has 24 heavy (non-hydrogen) atoms. The minimum absolute atomic E-state index is 0.0379. The minimum atomic E-state index is -0.470. The van der Waals surface area contributed by atoms with Gasteiger partial charge in [0.05, 0.1) is 17.4 Å². The van der Waals surface area contributed by atoms with Crippen molar-refractivity contribution in [3.8, 4) is 5.75 Å². The number of anilines is 1. The lowest BCUT2D eigenvalue weighted by Gasteiger charge is -2.23. The van der Waals surface area contributed by atoms with E-state index < -0.39 is 11.2 Å². The van der Waals surface area contributed by atoms with E-state index in [4.69, 9.17) is 9.47 Å². The summed E-state index contributed by atoms with van der Waals surface area (Å²) in [6.45, 7) is 0.436. The number of carbonyl (C=O) groups is 2. The van der Waals surface area contributed by atoms with Crippen molar-refractivity contribution in [1.82, 2.24) is 0 Å². The molecule has 0 saturated heterocycles. The van der Waals surface area contributed by atoms with E-state index in [9.17, 15) is 9.59 Å². The highest BCUT2D eigenvalue weighted by molar-refractivity contribution is 8.01. The van der Waals surface area contributed by atoms with Gasteiger partial charge in [0.15, 0.2) is 0 Å². The molecule has 0 saturated carbocycles. The minimum Gasteiger partial charge on any atom is -0.490 e. The van der Waals surface area contributed by atoms with Crippen LogP contribution in [0.15, 0.2) is 59.5 Å². The van der Waals surface area contributed by atoms with E-state index in [-0.39, 0.29) is 25.5 Å². The number of carbonyl (C=O) groups excluding carboxylic acids is 2. The second-order valence-electron chi connectivity index (χ2n) is 5.18. The van der Waals surface area contributed by atoms with Crippen molar-refractivity contribution in [3.63, 3.8) is 0 Å². The van der Waals surface area contributed by atoms with Crippen LogP contribution in [0, 0.1) is 0 Å². The molecule has 1 unspecified atom stereocenters. The van der Waals surface area contributed by atoms with E-state index in [1.807, 2.05) is 54.6 Å². The number of esters is 1. The van der Waals surface area contributed by atoms with Gasteiger partial charge in [-0.15, -0.1) is 11.8 Å². The first-order chi connectivity index (χ1) is 11.7. The maximum absolute atomic E-state index is 12.0. The fraction of sp³-hybridized carbons (Fsp3) is 0.222. The first-order valence-electron chi connectivity index (χ1n) is 7.62. The van der Waals surface area contributed by atoms with Crippen LogP contribution in [0.2, 0.25) is 0 Å². The van der Waals surface area contributed by atoms with E-state index >= 15 is 0 Å². The maximum Gasteiger partial charge on any atom is 0.307 e. The Morgan fingerprint density at radius 3 is 2.62 bits per heavy atom. The average Bonchev–Trinajstić information content (AvgIpc) is 2.60. The van der Waals surface area contributed by atoms with Crippen LogP contribution in [0.3, 0.4) is 0 Å². The Morgan fingerprint density at radius 1 is 1.04 bits per heavy atom. The van der Waals surface area contributed by atoms with Gasteiger partial charge < -0.3 is 14.8 Å². The maximum atomic E-state index is 12.0. The Hall–Kier alpha value is -2.47. The summed E-state index contributed by atoms with van der Waals surface area (Å²) in [5.41, 5.74) is 0.786. The summed E-state index contributed by atoms with van der Waals surface area (Å²) in [5.74, 6) is 0.155. The molecule has 1 N–H and O–H groups in total. The molecule has 2 aromatic carbocycles. The zero-order valence-electron chi connectivity index (χ0n) is 12.9. The lowest BCUT2D eigenvalue weighted by molar-refractivity contribution is -0.145. The van der Waals surface area contributed by atoms with Gasteiger partial charge in [0, 0.05) is 4.90 Å². The Kier molecular flexibility index (Phi) is 5.38. The molecule has 0 fully saturated rings. The number of para-hydroxylation sites is 2. The molecule has 1 amide bonds. The highest BCUT2D eigenvalue weighted by Gasteiger charge is 2.29. The molecule has 5 nitrogen and oxygen atoms in total. The summed E-state index contributed by atoms with van der Waals surface area (Å²) in [5, 5.41) is 2.34. The van der Waals surface area contributed by atoms with E-state index in [0.29, 0.717) is 0 Å². The fourth-order valence-corrected chi connectivity index (χ4v) is 3.36. The quantitative estimate of drug-likeness (QED) is 0.645. The Balaban J connectivity index is 1.43. The van der Waals surface area contributed by atoms with Crippen molar-refractivity contribution >= 4 is 29.3 Å². The summed E-state index contributed by atoms with van der Waals surface area (Å²) in [7, 11) is 0. The monoisotopic (exact) mass is 343 g/mol. The third kappa shape index (κ3) is 4.29. The van der Waals surface area contributed by atoms with Crippen LogP contribution in [0.5, 0.6) is 5.75 Å². The molecule has 0 aliphatic carbocycles. The summed E-state index contributed by atoms with van der Waals surface area (Å²) in [4.78, 5) is 24.9. The Labute approximate surface area is 144 Å². The van der Waals surface area contributed by atoms with E-state index in [2.05, 4.69) is 5.32 Å². The predicted octanol–water partition coefficient (Wildman–Crippen LogP) is 3.11. The Bertz CT molecular complexity index is 720. The van der Waals surface area contributed by atoms with Crippen LogP contribution in [0.1, 0.15) is 6.42 Å². The van der Waals surface area contributed by atoms with Crippen LogP contribution < -0.4 is 10.1 Å². The molecule has 124 valence electrons. The molecule has 1 aliphatic heterocycles. The first-order valence-corrected chi connectivity index (χ1v) is 8.50. The summed E-state index contributed by atoms with van der Waals surface area (Å²) >= 11 is 1.39. The fourth-order valence-electron chi connectivity index (χ4n) is 2.27. The van der Waals surface area contributed by atoms with Gasteiger partial charge in [-0.2, -0.15) is 0 Å². The van der Waals surface area contributed by atoms with E-state index in [0.717, 1.165) is 16.3 Å². The van der Waals surface area contributed by atoms with Crippen molar-refractivity contribution in [2.45, 2.75) is 16.6 Å². The van der Waals surface area contributed by atoms with E-state index in [1.165, 1.54) is 11.8 Å². The van der Waals surface area contributed by atoms with Gasteiger partial charge in [-0.25, -0.2) is 0 Å². The summed E-state index contributed by atoms with van der Waals surface area (Å²) in [6.07, 6.45) is 0.0379. The molecule has 1 heterocycles. The molecule has 6 heteroatoms. The normalized spacial score (nSPS) is 16.0. The largest absolute Gasteiger partial charge is 0.490 e. The van der Waals surface area contributed by atoms with Gasteiger partial charge in [0.1, 0.15) is 19.0 Å². The number of ether oxygens (including phenoxy) is 2. The number of thioether (sulfide) groups is 1. The Morgan fingerprint density at radius 2 is 1.79 bits per heavy atom. The predicted molar refractivity (Wildman–Crippen MR) is 92.2 cm³/mol. The van der Waals surface area contributed by atoms with Crippen molar-refractivity contribution in [1.29, 1.82) is 0 Å². The number of amides is 1. The van der Waals surface area contributed by atoms with Gasteiger partial charge >= 0.3 is 5.97 Å². The molecule has 0 bridgehead atoms. The number of benzene rings is 2. The number of rotatable bonds is 6. The second-order valence-corrected chi connectivity index (χ2v) is 6.42. The van der Waals surface area contributed by atoms with Crippen LogP contribution in [0.4, 0.5) is 5.69 Å². The van der Waals surface area contributed by atoms with Crippen LogP contribution in [-0.4, -0.2) is 30.3 Å². The topological polar surface area (TPSA) is 64.6 Å². The van der Waals surface area contributed by atoms with Crippen LogP contribution in [0.25, 0.3) is 0 Å². The van der Waals surface area contributed by atoms with Crippen molar-refractivity contribution < 1.29 is 19.1 Å². The lowest BCUT2D eigenvalue weighted by Crippen LogP contribution is -2.31. The second kappa shape index (κ2) is 7.88. The summed E-state index contributed by atoms with van der Waals surface area (Å²) < 4.78 is 10.6. The SMILES string of the molecule is O=C(CC1Sc2ccccc2NC1=O)OCCOc1ccccc1. The van der Waals surface area contributed by atoms with Crippen LogP contribution >= 0.6 is 11.8 Å². The van der Waals surface area contributed by atoms with Crippen molar-refractivity contribution in [3.05, 3.63) is 54.6 Å². The first kappa shape index (κ1) is 16.4. The molecule has 2 aromatic rings.